The van der Waals surface area contributed by atoms with E-state index >= 15 is 0 Å². The fraction of sp³-hybridized carbons (Fsp3) is 0.583. The van der Waals surface area contributed by atoms with Crippen LogP contribution in [0.1, 0.15) is 6.92 Å². The summed E-state index contributed by atoms with van der Waals surface area (Å²) >= 11 is 0. The first-order valence-electron chi connectivity index (χ1n) is 6.07. The van der Waals surface area contributed by atoms with Gasteiger partial charge in [0.15, 0.2) is 0 Å². The monoisotopic (exact) mass is 236 g/mol. The number of rotatable bonds is 4. The molecule has 5 heteroatoms. The topological polar surface area (TPSA) is 63.4 Å². The molecule has 2 rings (SSSR count). The van der Waals surface area contributed by atoms with Gasteiger partial charge in [-0.3, -0.25) is 4.90 Å². The molecule has 0 bridgehead atoms. The fourth-order valence-electron chi connectivity index (χ4n) is 1.93. The molecular weight excluding hydrogens is 216 g/mol. The Kier molecular flexibility index (Phi) is 4.17. The highest BCUT2D eigenvalue weighted by molar-refractivity contribution is 5.45. The molecule has 5 nitrogen and oxygen atoms in total. The summed E-state index contributed by atoms with van der Waals surface area (Å²) in [5.74, 6) is 0.543. The molecule has 17 heavy (non-hydrogen) atoms. The van der Waals surface area contributed by atoms with Crippen molar-refractivity contribution >= 4 is 11.5 Å². The Bertz CT molecular complexity index is 341. The van der Waals surface area contributed by atoms with Crippen LogP contribution in [0.15, 0.2) is 18.3 Å². The van der Waals surface area contributed by atoms with E-state index in [-0.39, 0.29) is 6.10 Å². The highest BCUT2D eigenvalue weighted by Gasteiger charge is 2.18. The maximum Gasteiger partial charge on any atom is 0.123 e. The number of anilines is 2. The lowest BCUT2D eigenvalue weighted by molar-refractivity contribution is -0.0191. The Labute approximate surface area is 102 Å². The van der Waals surface area contributed by atoms with Gasteiger partial charge in [-0.25, -0.2) is 4.98 Å². The minimum absolute atomic E-state index is 0.251. The molecule has 0 saturated carbocycles. The Morgan fingerprint density at radius 2 is 2.47 bits per heavy atom. The minimum atomic E-state index is 0.251. The number of morpholine rings is 1. The summed E-state index contributed by atoms with van der Waals surface area (Å²) in [6, 6.07) is 3.73. The van der Waals surface area contributed by atoms with Crippen molar-refractivity contribution in [3.8, 4) is 0 Å². The highest BCUT2D eigenvalue weighted by Crippen LogP contribution is 2.09. The van der Waals surface area contributed by atoms with Gasteiger partial charge in [0, 0.05) is 19.6 Å². The molecule has 1 fully saturated rings. The van der Waals surface area contributed by atoms with Crippen LogP contribution >= 0.6 is 0 Å². The lowest BCUT2D eigenvalue weighted by Crippen LogP contribution is -2.45. The average molecular weight is 236 g/mol. The number of nitrogens with two attached hydrogens (primary N) is 1. The van der Waals surface area contributed by atoms with E-state index in [4.69, 9.17) is 10.5 Å². The summed E-state index contributed by atoms with van der Waals surface area (Å²) in [5, 5.41) is 3.32. The maximum atomic E-state index is 5.71. The van der Waals surface area contributed by atoms with E-state index in [9.17, 15) is 0 Å². The number of likely N-dealkylation sites (N-methyl/N-ethyl adjacent to an activating group) is 1. The third-order valence-corrected chi connectivity index (χ3v) is 2.99. The Morgan fingerprint density at radius 3 is 3.18 bits per heavy atom. The zero-order valence-electron chi connectivity index (χ0n) is 10.2. The Hall–Kier alpha value is -1.33. The van der Waals surface area contributed by atoms with Gasteiger partial charge in [0.2, 0.25) is 0 Å². The summed E-state index contributed by atoms with van der Waals surface area (Å²) in [7, 11) is 0. The SMILES string of the molecule is CCN1CCOC(CNc2ccc(N)nc2)C1. The number of nitrogens with zero attached hydrogens (tertiary/aromatic N) is 2. The number of hydrogen-bond donors (Lipinski definition) is 2. The van der Waals surface area contributed by atoms with E-state index < -0.39 is 0 Å². The van der Waals surface area contributed by atoms with Crippen molar-refractivity contribution < 1.29 is 4.74 Å². The van der Waals surface area contributed by atoms with E-state index in [2.05, 4.69) is 22.1 Å². The molecule has 1 aliphatic heterocycles. The normalized spacial score (nSPS) is 21.4. The number of nitrogen functional groups attached to an aromatic ring is 1. The van der Waals surface area contributed by atoms with E-state index in [1.54, 1.807) is 12.3 Å². The van der Waals surface area contributed by atoms with Gasteiger partial charge in [0.1, 0.15) is 5.82 Å². The summed E-state index contributed by atoms with van der Waals surface area (Å²) in [5.41, 5.74) is 6.51. The number of nitrogens with one attached hydrogen (secondary N) is 1. The van der Waals surface area contributed by atoms with Gasteiger partial charge >= 0.3 is 0 Å². The molecule has 1 aliphatic rings. The van der Waals surface area contributed by atoms with Gasteiger partial charge in [-0.05, 0) is 18.7 Å². The van der Waals surface area contributed by atoms with E-state index in [1.165, 1.54) is 0 Å². The van der Waals surface area contributed by atoms with Crippen LogP contribution < -0.4 is 11.1 Å². The zero-order chi connectivity index (χ0) is 12.1. The molecule has 2 heterocycles. The molecule has 0 aliphatic carbocycles. The van der Waals surface area contributed by atoms with Crippen molar-refractivity contribution in [1.29, 1.82) is 0 Å². The van der Waals surface area contributed by atoms with Crippen LogP contribution in [-0.4, -0.2) is 48.8 Å². The van der Waals surface area contributed by atoms with Gasteiger partial charge in [0.25, 0.3) is 0 Å². The lowest BCUT2D eigenvalue weighted by atomic mass is 10.2. The van der Waals surface area contributed by atoms with Crippen molar-refractivity contribution in [2.75, 3.05) is 43.8 Å². The predicted molar refractivity (Wildman–Crippen MR) is 69.0 cm³/mol. The van der Waals surface area contributed by atoms with Crippen LogP contribution in [0.3, 0.4) is 0 Å². The molecule has 0 radical (unpaired) electrons. The molecule has 3 N–H and O–H groups in total. The maximum absolute atomic E-state index is 5.71. The summed E-state index contributed by atoms with van der Waals surface area (Å²) in [4.78, 5) is 6.44. The van der Waals surface area contributed by atoms with E-state index in [1.807, 2.05) is 6.07 Å². The fourth-order valence-corrected chi connectivity index (χ4v) is 1.93. The van der Waals surface area contributed by atoms with Crippen LogP contribution in [0.2, 0.25) is 0 Å². The lowest BCUT2D eigenvalue weighted by Gasteiger charge is -2.32. The first kappa shape index (κ1) is 12.1. The molecule has 0 amide bonds. The molecule has 0 spiro atoms. The van der Waals surface area contributed by atoms with Crippen LogP contribution in [0.25, 0.3) is 0 Å². The molecule has 1 unspecified atom stereocenters. The van der Waals surface area contributed by atoms with Crippen molar-refractivity contribution in [2.24, 2.45) is 0 Å². The van der Waals surface area contributed by atoms with Crippen LogP contribution in [0.5, 0.6) is 0 Å². The number of aromatic nitrogens is 1. The van der Waals surface area contributed by atoms with Crippen molar-refractivity contribution in [2.45, 2.75) is 13.0 Å². The molecular formula is C12H20N4O. The second-order valence-corrected chi connectivity index (χ2v) is 4.24. The number of hydrogen-bond acceptors (Lipinski definition) is 5. The van der Waals surface area contributed by atoms with Crippen molar-refractivity contribution in [3.05, 3.63) is 18.3 Å². The molecule has 1 aromatic rings. The van der Waals surface area contributed by atoms with Crippen LogP contribution in [0, 0.1) is 0 Å². The van der Waals surface area contributed by atoms with Gasteiger partial charge in [-0.1, -0.05) is 6.92 Å². The van der Waals surface area contributed by atoms with Gasteiger partial charge in [-0.2, -0.15) is 0 Å². The Morgan fingerprint density at radius 1 is 1.59 bits per heavy atom. The largest absolute Gasteiger partial charge is 0.384 e. The quantitative estimate of drug-likeness (QED) is 0.809. The third-order valence-electron chi connectivity index (χ3n) is 2.99. The van der Waals surface area contributed by atoms with Crippen LogP contribution in [0.4, 0.5) is 11.5 Å². The number of pyridine rings is 1. The molecule has 1 aromatic heterocycles. The number of ether oxygens (including phenoxy) is 1. The smallest absolute Gasteiger partial charge is 0.123 e. The van der Waals surface area contributed by atoms with Crippen molar-refractivity contribution in [1.82, 2.24) is 9.88 Å². The zero-order valence-corrected chi connectivity index (χ0v) is 10.2. The van der Waals surface area contributed by atoms with Crippen molar-refractivity contribution in [3.63, 3.8) is 0 Å². The van der Waals surface area contributed by atoms with Crippen LogP contribution in [-0.2, 0) is 4.74 Å². The van der Waals surface area contributed by atoms with E-state index in [0.29, 0.717) is 5.82 Å². The second-order valence-electron chi connectivity index (χ2n) is 4.24. The Balaban J connectivity index is 1.79. The molecule has 1 atom stereocenters. The van der Waals surface area contributed by atoms with Gasteiger partial charge in [0.05, 0.1) is 24.6 Å². The third kappa shape index (κ3) is 3.57. The minimum Gasteiger partial charge on any atom is -0.384 e. The predicted octanol–water partition coefficient (Wildman–Crippen LogP) is 0.796. The summed E-state index contributed by atoms with van der Waals surface area (Å²) in [6.07, 6.45) is 2.00. The molecule has 94 valence electrons. The first-order valence-corrected chi connectivity index (χ1v) is 6.07. The first-order chi connectivity index (χ1) is 8.28. The average Bonchev–Trinajstić information content (AvgIpc) is 2.38. The molecule has 1 saturated heterocycles. The molecule has 0 aromatic carbocycles. The highest BCUT2D eigenvalue weighted by atomic mass is 16.5. The second kappa shape index (κ2) is 5.84. The standard InChI is InChI=1S/C12H20N4O/c1-2-16-5-6-17-11(9-16)8-14-10-3-4-12(13)15-7-10/h3-4,7,11,14H,2,5-6,8-9H2,1H3,(H2,13,15). The van der Waals surface area contributed by atoms with E-state index in [0.717, 1.165) is 38.5 Å². The van der Waals surface area contributed by atoms with Gasteiger partial charge < -0.3 is 15.8 Å². The van der Waals surface area contributed by atoms with Gasteiger partial charge in [-0.15, -0.1) is 0 Å². The summed E-state index contributed by atoms with van der Waals surface area (Å²) < 4.78 is 5.71. The summed E-state index contributed by atoms with van der Waals surface area (Å²) in [6.45, 7) is 6.92.